The number of nitrogens with one attached hydrogen (secondary N) is 2. The SMILES string of the molecule is COCCNc1nncc(Nc2c(C)cccc2C)n1. The minimum atomic E-state index is 0.485. The van der Waals surface area contributed by atoms with Gasteiger partial charge in [-0.3, -0.25) is 0 Å². The summed E-state index contributed by atoms with van der Waals surface area (Å²) in [4.78, 5) is 4.37. The summed E-state index contributed by atoms with van der Waals surface area (Å²) in [5.41, 5.74) is 3.38. The number of para-hydroxylation sites is 1. The summed E-state index contributed by atoms with van der Waals surface area (Å²) >= 11 is 0. The topological polar surface area (TPSA) is 72.0 Å². The Balaban J connectivity index is 2.11. The molecule has 0 saturated heterocycles. The number of hydrogen-bond acceptors (Lipinski definition) is 6. The van der Waals surface area contributed by atoms with E-state index in [0.717, 1.165) is 16.8 Å². The Morgan fingerprint density at radius 2 is 1.95 bits per heavy atom. The van der Waals surface area contributed by atoms with Gasteiger partial charge in [-0.05, 0) is 25.0 Å². The van der Waals surface area contributed by atoms with Crippen LogP contribution in [0.25, 0.3) is 0 Å². The van der Waals surface area contributed by atoms with Gasteiger partial charge in [0.15, 0.2) is 5.82 Å². The first-order chi connectivity index (χ1) is 9.70. The average molecular weight is 273 g/mol. The number of aryl methyl sites for hydroxylation is 2. The second-order valence-electron chi connectivity index (χ2n) is 4.48. The molecule has 106 valence electrons. The second-order valence-corrected chi connectivity index (χ2v) is 4.48. The lowest BCUT2D eigenvalue weighted by Gasteiger charge is -2.12. The zero-order chi connectivity index (χ0) is 14.4. The van der Waals surface area contributed by atoms with Crippen molar-refractivity contribution in [3.05, 3.63) is 35.5 Å². The lowest BCUT2D eigenvalue weighted by Crippen LogP contribution is -2.11. The van der Waals surface area contributed by atoms with Crippen LogP contribution in [0.5, 0.6) is 0 Å². The van der Waals surface area contributed by atoms with E-state index in [1.54, 1.807) is 13.3 Å². The summed E-state index contributed by atoms with van der Waals surface area (Å²) < 4.78 is 4.97. The molecular weight excluding hydrogens is 254 g/mol. The molecule has 2 N–H and O–H groups in total. The van der Waals surface area contributed by atoms with Gasteiger partial charge in [-0.15, -0.1) is 5.10 Å². The smallest absolute Gasteiger partial charge is 0.244 e. The molecule has 2 rings (SSSR count). The Hall–Kier alpha value is -2.21. The first kappa shape index (κ1) is 14.2. The highest BCUT2D eigenvalue weighted by molar-refractivity contribution is 5.64. The van der Waals surface area contributed by atoms with Crippen molar-refractivity contribution in [1.82, 2.24) is 15.2 Å². The summed E-state index contributed by atoms with van der Waals surface area (Å²) in [5, 5.41) is 14.2. The van der Waals surface area contributed by atoms with E-state index >= 15 is 0 Å². The van der Waals surface area contributed by atoms with Crippen molar-refractivity contribution in [2.45, 2.75) is 13.8 Å². The number of ether oxygens (including phenoxy) is 1. The van der Waals surface area contributed by atoms with Gasteiger partial charge in [0.1, 0.15) is 0 Å². The summed E-state index contributed by atoms with van der Waals surface area (Å²) in [6, 6.07) is 6.15. The van der Waals surface area contributed by atoms with Crippen LogP contribution in [0.3, 0.4) is 0 Å². The number of rotatable bonds is 6. The lowest BCUT2D eigenvalue weighted by atomic mass is 10.1. The molecule has 0 atom stereocenters. The van der Waals surface area contributed by atoms with Gasteiger partial charge in [0.2, 0.25) is 5.95 Å². The van der Waals surface area contributed by atoms with E-state index in [9.17, 15) is 0 Å². The largest absolute Gasteiger partial charge is 0.383 e. The predicted molar refractivity (Wildman–Crippen MR) is 79.4 cm³/mol. The molecular formula is C14H19N5O. The monoisotopic (exact) mass is 273 g/mol. The third-order valence-electron chi connectivity index (χ3n) is 2.88. The Morgan fingerprint density at radius 1 is 1.20 bits per heavy atom. The molecule has 0 saturated carbocycles. The summed E-state index contributed by atoms with van der Waals surface area (Å²) in [6.45, 7) is 5.35. The molecule has 0 unspecified atom stereocenters. The molecule has 0 aliphatic rings. The van der Waals surface area contributed by atoms with Gasteiger partial charge in [-0.2, -0.15) is 10.1 Å². The molecule has 1 aromatic heterocycles. The van der Waals surface area contributed by atoms with E-state index in [1.165, 1.54) is 0 Å². The molecule has 0 fully saturated rings. The molecule has 0 aliphatic heterocycles. The van der Waals surface area contributed by atoms with Crippen molar-refractivity contribution >= 4 is 17.5 Å². The van der Waals surface area contributed by atoms with Crippen LogP contribution in [0.2, 0.25) is 0 Å². The number of benzene rings is 1. The highest BCUT2D eigenvalue weighted by atomic mass is 16.5. The number of hydrogen-bond donors (Lipinski definition) is 2. The molecule has 1 aromatic carbocycles. The van der Waals surface area contributed by atoms with E-state index in [1.807, 2.05) is 6.07 Å². The Morgan fingerprint density at radius 3 is 2.65 bits per heavy atom. The Bertz CT molecular complexity index is 553. The van der Waals surface area contributed by atoms with E-state index in [-0.39, 0.29) is 0 Å². The van der Waals surface area contributed by atoms with Gasteiger partial charge in [0.25, 0.3) is 0 Å². The van der Waals surface area contributed by atoms with Crippen molar-refractivity contribution < 1.29 is 4.74 Å². The van der Waals surface area contributed by atoms with Crippen LogP contribution in [0.4, 0.5) is 17.5 Å². The third-order valence-corrected chi connectivity index (χ3v) is 2.88. The lowest BCUT2D eigenvalue weighted by molar-refractivity contribution is 0.210. The van der Waals surface area contributed by atoms with Crippen LogP contribution >= 0.6 is 0 Å². The summed E-state index contributed by atoms with van der Waals surface area (Å²) in [5.74, 6) is 1.15. The van der Waals surface area contributed by atoms with Crippen molar-refractivity contribution in [2.24, 2.45) is 0 Å². The fourth-order valence-electron chi connectivity index (χ4n) is 1.84. The number of nitrogens with zero attached hydrogens (tertiary/aromatic N) is 3. The fraction of sp³-hybridized carbons (Fsp3) is 0.357. The van der Waals surface area contributed by atoms with Crippen molar-refractivity contribution in [3.8, 4) is 0 Å². The molecule has 0 bridgehead atoms. The van der Waals surface area contributed by atoms with E-state index in [2.05, 4.69) is 51.8 Å². The van der Waals surface area contributed by atoms with Gasteiger partial charge >= 0.3 is 0 Å². The quantitative estimate of drug-likeness (QED) is 0.787. The van der Waals surface area contributed by atoms with Crippen LogP contribution in [0, 0.1) is 13.8 Å². The highest BCUT2D eigenvalue weighted by Gasteiger charge is 2.05. The highest BCUT2D eigenvalue weighted by Crippen LogP contribution is 2.22. The first-order valence-corrected chi connectivity index (χ1v) is 6.46. The molecule has 0 radical (unpaired) electrons. The zero-order valence-electron chi connectivity index (χ0n) is 12.0. The van der Waals surface area contributed by atoms with Crippen LogP contribution in [-0.2, 0) is 4.74 Å². The molecule has 20 heavy (non-hydrogen) atoms. The normalized spacial score (nSPS) is 10.3. The molecule has 1 heterocycles. The third kappa shape index (κ3) is 3.64. The van der Waals surface area contributed by atoms with Crippen molar-refractivity contribution in [2.75, 3.05) is 30.9 Å². The van der Waals surface area contributed by atoms with E-state index in [0.29, 0.717) is 24.9 Å². The second kappa shape index (κ2) is 6.81. The van der Waals surface area contributed by atoms with Crippen LogP contribution < -0.4 is 10.6 Å². The maximum absolute atomic E-state index is 4.97. The van der Waals surface area contributed by atoms with Gasteiger partial charge in [0, 0.05) is 19.3 Å². The maximum Gasteiger partial charge on any atom is 0.244 e. The van der Waals surface area contributed by atoms with Gasteiger partial charge < -0.3 is 15.4 Å². The molecule has 0 amide bonds. The van der Waals surface area contributed by atoms with Crippen LogP contribution in [0.1, 0.15) is 11.1 Å². The standard InChI is InChI=1S/C14H19N5O/c1-10-5-4-6-11(2)13(10)17-12-9-16-19-14(18-12)15-7-8-20-3/h4-6,9H,7-8H2,1-3H3,(H2,15,17,18,19). The van der Waals surface area contributed by atoms with Gasteiger partial charge in [0.05, 0.1) is 12.8 Å². The summed E-state index contributed by atoms with van der Waals surface area (Å²) in [6.07, 6.45) is 1.60. The number of aromatic nitrogens is 3. The molecule has 0 aliphatic carbocycles. The average Bonchev–Trinajstić information content (AvgIpc) is 2.44. The van der Waals surface area contributed by atoms with E-state index < -0.39 is 0 Å². The zero-order valence-corrected chi connectivity index (χ0v) is 12.0. The minimum absolute atomic E-state index is 0.485. The molecule has 0 spiro atoms. The Kier molecular flexibility index (Phi) is 4.84. The van der Waals surface area contributed by atoms with Gasteiger partial charge in [-0.25, -0.2) is 0 Å². The predicted octanol–water partition coefficient (Wildman–Crippen LogP) is 2.29. The maximum atomic E-state index is 4.97. The van der Waals surface area contributed by atoms with Crippen molar-refractivity contribution in [1.29, 1.82) is 0 Å². The fourth-order valence-corrected chi connectivity index (χ4v) is 1.84. The molecule has 6 heteroatoms. The summed E-state index contributed by atoms with van der Waals surface area (Å²) in [7, 11) is 1.65. The van der Waals surface area contributed by atoms with E-state index in [4.69, 9.17) is 4.74 Å². The number of anilines is 3. The first-order valence-electron chi connectivity index (χ1n) is 6.46. The minimum Gasteiger partial charge on any atom is -0.383 e. The molecule has 6 nitrogen and oxygen atoms in total. The molecule has 2 aromatic rings. The number of methoxy groups -OCH3 is 1. The van der Waals surface area contributed by atoms with Crippen LogP contribution in [-0.4, -0.2) is 35.4 Å². The van der Waals surface area contributed by atoms with Gasteiger partial charge in [-0.1, -0.05) is 18.2 Å². The van der Waals surface area contributed by atoms with Crippen molar-refractivity contribution in [3.63, 3.8) is 0 Å². The van der Waals surface area contributed by atoms with Crippen LogP contribution in [0.15, 0.2) is 24.4 Å². The Labute approximate surface area is 118 Å².